The maximum Gasteiger partial charge on any atom is 0.317 e. The van der Waals surface area contributed by atoms with Gasteiger partial charge in [0.25, 0.3) is 5.91 Å². The molecule has 2 aromatic carbocycles. The first-order valence-electron chi connectivity index (χ1n) is 18.9. The lowest BCUT2D eigenvalue weighted by Gasteiger charge is -2.31. The fourth-order valence-corrected chi connectivity index (χ4v) is 7.23. The second-order valence-corrected chi connectivity index (χ2v) is 15.2. The van der Waals surface area contributed by atoms with Gasteiger partial charge in [0.15, 0.2) is 6.10 Å². The normalized spacial score (nSPS) is 19.1. The molecule has 1 saturated heterocycles. The molecule has 13 nitrogen and oxygen atoms in total. The molecule has 2 aliphatic carbocycles. The van der Waals surface area contributed by atoms with Crippen molar-refractivity contribution < 1.29 is 39.9 Å². The van der Waals surface area contributed by atoms with E-state index in [0.717, 1.165) is 59.3 Å². The lowest BCUT2D eigenvalue weighted by Crippen LogP contribution is -2.53. The summed E-state index contributed by atoms with van der Waals surface area (Å²) in [7, 11) is 0. The number of carbonyl (C=O) groups excluding carboxylic acids is 2. The number of aromatic nitrogens is 1. The van der Waals surface area contributed by atoms with E-state index < -0.39 is 36.9 Å². The van der Waals surface area contributed by atoms with E-state index in [1.54, 1.807) is 4.90 Å². The minimum Gasteiger partial charge on any atom is -0.490 e. The van der Waals surface area contributed by atoms with E-state index in [1.807, 2.05) is 42.7 Å². The fraction of sp³-hybridized carbons (Fsp3) is 0.525. The van der Waals surface area contributed by atoms with Crippen LogP contribution < -0.4 is 15.4 Å². The molecule has 0 spiro atoms. The van der Waals surface area contributed by atoms with E-state index >= 15 is 0 Å². The number of pyridine rings is 1. The number of nitrogens with zero attached hydrogens (tertiary/aromatic N) is 3. The van der Waals surface area contributed by atoms with E-state index in [1.165, 1.54) is 4.90 Å². The minimum absolute atomic E-state index is 0.0853. The largest absolute Gasteiger partial charge is 0.490 e. The highest BCUT2D eigenvalue weighted by Crippen LogP contribution is 2.50. The maximum absolute atomic E-state index is 13.3. The molecule has 3 amide bonds. The van der Waals surface area contributed by atoms with Crippen molar-refractivity contribution in [2.24, 2.45) is 0 Å². The summed E-state index contributed by atoms with van der Waals surface area (Å²) in [5.74, 6) is 0.135. The number of nitrogens with one attached hydrogen (secondary N) is 2. The molecule has 0 radical (unpaired) electrons. The molecule has 292 valence electrons. The third-order valence-corrected chi connectivity index (χ3v) is 11.2. The van der Waals surface area contributed by atoms with E-state index in [9.17, 15) is 30.0 Å². The first-order valence-corrected chi connectivity index (χ1v) is 19.3. The van der Waals surface area contributed by atoms with Gasteiger partial charge in [0.1, 0.15) is 24.1 Å². The number of urea groups is 1. The molecule has 1 unspecified atom stereocenters. The lowest BCUT2D eigenvalue weighted by molar-refractivity contribution is -0.158. The third kappa shape index (κ3) is 9.51. The minimum atomic E-state index is -2.04. The van der Waals surface area contributed by atoms with Gasteiger partial charge in [-0.1, -0.05) is 48.9 Å². The number of benzene rings is 2. The molecule has 5 atom stereocenters. The van der Waals surface area contributed by atoms with E-state index in [-0.39, 0.29) is 43.2 Å². The Morgan fingerprint density at radius 3 is 2.57 bits per heavy atom. The van der Waals surface area contributed by atoms with Crippen LogP contribution in [0, 0.1) is 0 Å². The van der Waals surface area contributed by atoms with Gasteiger partial charge < -0.3 is 50.7 Å². The van der Waals surface area contributed by atoms with Crippen LogP contribution in [0.1, 0.15) is 68.1 Å². The Kier molecular flexibility index (Phi) is 13.1. The zero-order valence-electron chi connectivity index (χ0n) is 30.6. The molecule has 2 saturated carbocycles. The van der Waals surface area contributed by atoms with Gasteiger partial charge in [-0.15, -0.1) is 0 Å². The van der Waals surface area contributed by atoms with Crippen molar-refractivity contribution in [2.45, 2.75) is 94.0 Å². The van der Waals surface area contributed by atoms with Gasteiger partial charge in [-0.05, 0) is 84.9 Å². The van der Waals surface area contributed by atoms with Crippen LogP contribution in [-0.4, -0.2) is 122 Å². The Balaban J connectivity index is 1.09. The van der Waals surface area contributed by atoms with Gasteiger partial charge in [-0.3, -0.25) is 9.78 Å². The van der Waals surface area contributed by atoms with Crippen molar-refractivity contribution in [3.05, 3.63) is 82.6 Å². The second-order valence-electron chi connectivity index (χ2n) is 14.8. The summed E-state index contributed by atoms with van der Waals surface area (Å²) in [6.45, 7) is 3.29. The summed E-state index contributed by atoms with van der Waals surface area (Å²) in [4.78, 5) is 32.9. The number of hydrogen-bond acceptors (Lipinski definition) is 10. The predicted molar refractivity (Wildman–Crippen MR) is 203 cm³/mol. The van der Waals surface area contributed by atoms with Crippen LogP contribution in [0.25, 0.3) is 11.1 Å². The fourth-order valence-electron chi connectivity index (χ4n) is 7.04. The molecule has 3 fully saturated rings. The second kappa shape index (κ2) is 17.8. The third-order valence-electron chi connectivity index (χ3n) is 10.8. The number of aliphatic hydroxyl groups excluding tert-OH is 5. The van der Waals surface area contributed by atoms with Crippen molar-refractivity contribution in [3.63, 3.8) is 0 Å². The Hall–Kier alpha value is -3.82. The number of para-hydroxylation sites is 1. The van der Waals surface area contributed by atoms with Gasteiger partial charge in [0.05, 0.1) is 12.7 Å². The standard InChI is InChI=1S/C40H52ClN5O8/c1-25(5-4-17-45(19-20-46-18-16-43-39(46)53)38(52)37(51)36(50)35(49)33(48)24-47)26-8-11-32(41)27(21-26)22-44-40(13-14-40)31-23-42-15-12-29(31)30-6-2-3-7-34(30)54-28-9-10-28/h2-3,6-8,11-12,15,21,23,25,28,33,35-37,44,47-51H,4-5,9-10,13-14,16-20,22,24H2,1H3,(H,43,53)/t25?,33-,35+,36-,37-/m0/s1. The maximum atomic E-state index is 13.3. The monoisotopic (exact) mass is 765 g/mol. The van der Waals surface area contributed by atoms with Crippen molar-refractivity contribution in [3.8, 4) is 16.9 Å². The molecule has 6 rings (SSSR count). The zero-order chi connectivity index (χ0) is 38.4. The Morgan fingerprint density at radius 2 is 1.87 bits per heavy atom. The predicted octanol–water partition coefficient (Wildman–Crippen LogP) is 2.90. The summed E-state index contributed by atoms with van der Waals surface area (Å²) in [5, 5.41) is 57.2. The van der Waals surface area contributed by atoms with Crippen molar-refractivity contribution in [2.75, 3.05) is 39.3 Å². The number of rotatable bonds is 20. The van der Waals surface area contributed by atoms with Crippen LogP contribution in [0.15, 0.2) is 60.9 Å². The van der Waals surface area contributed by atoms with E-state index in [0.29, 0.717) is 37.5 Å². The highest BCUT2D eigenvalue weighted by atomic mass is 35.5. The number of amides is 3. The zero-order valence-corrected chi connectivity index (χ0v) is 31.4. The van der Waals surface area contributed by atoms with Gasteiger partial charge >= 0.3 is 6.03 Å². The van der Waals surface area contributed by atoms with Crippen molar-refractivity contribution >= 4 is 23.5 Å². The number of hydrogen-bond donors (Lipinski definition) is 7. The molecular weight excluding hydrogens is 714 g/mol. The summed E-state index contributed by atoms with van der Waals surface area (Å²) in [6.07, 6.45) is 1.66. The molecule has 3 aromatic rings. The van der Waals surface area contributed by atoms with Crippen molar-refractivity contribution in [1.29, 1.82) is 0 Å². The summed E-state index contributed by atoms with van der Waals surface area (Å²) in [5.41, 5.74) is 5.12. The van der Waals surface area contributed by atoms with Crippen LogP contribution in [0.4, 0.5) is 4.79 Å². The van der Waals surface area contributed by atoms with E-state index in [4.69, 9.17) is 21.4 Å². The first-order chi connectivity index (χ1) is 26.0. The Labute approximate surface area is 320 Å². The number of aliphatic hydroxyl groups is 5. The average Bonchev–Trinajstić information content (AvgIpc) is 4.13. The topological polar surface area (TPSA) is 188 Å². The number of carbonyl (C=O) groups is 2. The molecule has 54 heavy (non-hydrogen) atoms. The van der Waals surface area contributed by atoms with Gasteiger partial charge in [0, 0.05) is 67.8 Å². The van der Waals surface area contributed by atoms with Gasteiger partial charge in [0.2, 0.25) is 0 Å². The van der Waals surface area contributed by atoms with Crippen LogP contribution in [0.5, 0.6) is 5.75 Å². The highest BCUT2D eigenvalue weighted by Gasteiger charge is 2.46. The molecule has 7 N–H and O–H groups in total. The molecule has 3 aliphatic rings. The summed E-state index contributed by atoms with van der Waals surface area (Å²) in [6, 6.07) is 16.0. The Bertz CT molecular complexity index is 1760. The molecule has 1 aromatic heterocycles. The SMILES string of the molecule is CC(CCCN(CCN1CCNC1=O)C(=O)[C@@H](O)[C@@H](O)[C@H](O)[C@@H](O)CO)c1ccc(Cl)c(CNC2(c3cnccc3-c3ccccc3OC3CC3)CC2)c1. The van der Waals surface area contributed by atoms with Crippen LogP contribution in [0.3, 0.4) is 0 Å². The molecule has 2 heterocycles. The van der Waals surface area contributed by atoms with E-state index in [2.05, 4.69) is 40.7 Å². The summed E-state index contributed by atoms with van der Waals surface area (Å²) >= 11 is 6.75. The summed E-state index contributed by atoms with van der Waals surface area (Å²) < 4.78 is 6.27. The average molecular weight is 766 g/mol. The molecule has 14 heteroatoms. The van der Waals surface area contributed by atoms with Crippen LogP contribution >= 0.6 is 11.6 Å². The number of ether oxygens (including phenoxy) is 1. The molecule has 0 bridgehead atoms. The molecular formula is C40H52ClN5O8. The smallest absolute Gasteiger partial charge is 0.317 e. The quantitative estimate of drug-likeness (QED) is 0.0902. The van der Waals surface area contributed by atoms with Gasteiger partial charge in [-0.2, -0.15) is 0 Å². The number of halogens is 1. The van der Waals surface area contributed by atoms with Gasteiger partial charge in [-0.25, -0.2) is 4.79 Å². The molecule has 1 aliphatic heterocycles. The first kappa shape index (κ1) is 39.9. The Morgan fingerprint density at radius 1 is 1.09 bits per heavy atom. The van der Waals surface area contributed by atoms with Crippen LogP contribution in [-0.2, 0) is 16.9 Å². The van der Waals surface area contributed by atoms with Crippen LogP contribution in [0.2, 0.25) is 5.02 Å². The lowest BCUT2D eigenvalue weighted by atomic mass is 9.93. The highest BCUT2D eigenvalue weighted by molar-refractivity contribution is 6.31. The van der Waals surface area contributed by atoms with Crippen molar-refractivity contribution in [1.82, 2.24) is 25.4 Å².